The number of rotatable bonds is 4. The molecule has 9 nitrogen and oxygen atoms in total. The smallest absolute Gasteiger partial charge is 0.313 e. The molecule has 2 aliphatic heterocycles. The molecule has 52 heavy (non-hydrogen) atoms. The minimum absolute atomic E-state index is 0.0124. The lowest BCUT2D eigenvalue weighted by Crippen LogP contribution is -2.60. The number of carbonyl (C=O) groups excluding carboxylic acids is 4. The summed E-state index contributed by atoms with van der Waals surface area (Å²) in [4.78, 5) is 58.1. The highest BCUT2D eigenvalue weighted by molar-refractivity contribution is 5.97. The van der Waals surface area contributed by atoms with E-state index in [2.05, 4.69) is 0 Å². The first-order chi connectivity index (χ1) is 24.2. The predicted octanol–water partition coefficient (Wildman–Crippen LogP) is 7.29. The van der Waals surface area contributed by atoms with Crippen LogP contribution in [0.15, 0.2) is 23.3 Å². The van der Waals surface area contributed by atoms with Crippen LogP contribution in [0.2, 0.25) is 0 Å². The number of hydrogen-bond acceptors (Lipinski definition) is 9. The minimum atomic E-state index is -1.62. The molecule has 0 aromatic heterocycles. The molecule has 2 saturated carbocycles. The minimum Gasteiger partial charge on any atom is -0.469 e. The highest BCUT2D eigenvalue weighted by atomic mass is 16.5. The second-order valence-electron chi connectivity index (χ2n) is 18.0. The van der Waals surface area contributed by atoms with Gasteiger partial charge in [0.2, 0.25) is 0 Å². The Morgan fingerprint density at radius 3 is 2.27 bits per heavy atom. The van der Waals surface area contributed by atoms with Gasteiger partial charge in [0.05, 0.1) is 41.5 Å². The molecule has 0 aromatic rings. The van der Waals surface area contributed by atoms with Gasteiger partial charge in [0.1, 0.15) is 17.3 Å². The van der Waals surface area contributed by atoms with Gasteiger partial charge in [0.15, 0.2) is 0 Å². The van der Waals surface area contributed by atoms with Crippen LogP contribution in [0.3, 0.4) is 0 Å². The van der Waals surface area contributed by atoms with Crippen LogP contribution in [-0.4, -0.2) is 76.3 Å². The fraction of sp³-hybridized carbons (Fsp3) is 0.814. The first-order valence-electron chi connectivity index (χ1n) is 20.0. The zero-order valence-electron chi connectivity index (χ0n) is 33.7. The van der Waals surface area contributed by atoms with Crippen molar-refractivity contribution >= 4 is 23.3 Å². The van der Waals surface area contributed by atoms with E-state index in [-0.39, 0.29) is 67.2 Å². The Balaban J connectivity index is 2.03. The number of Topliss-reactive ketones (excluding diaryl/α,β-unsaturated/α-hetero) is 3. The van der Waals surface area contributed by atoms with Crippen molar-refractivity contribution < 1.29 is 43.6 Å². The van der Waals surface area contributed by atoms with Gasteiger partial charge in [0, 0.05) is 49.5 Å². The molecule has 1 saturated heterocycles. The van der Waals surface area contributed by atoms with Crippen molar-refractivity contribution in [1.82, 2.24) is 0 Å². The maximum absolute atomic E-state index is 14.9. The molecule has 2 heterocycles. The van der Waals surface area contributed by atoms with E-state index < -0.39 is 58.1 Å². The van der Waals surface area contributed by atoms with Gasteiger partial charge in [-0.1, -0.05) is 58.3 Å². The number of fused-ring (bicyclic) bond motifs is 5. The summed E-state index contributed by atoms with van der Waals surface area (Å²) in [5, 5.41) is 23.3. The maximum Gasteiger partial charge on any atom is 0.313 e. The Kier molecular flexibility index (Phi) is 13.6. The zero-order valence-corrected chi connectivity index (χ0v) is 33.7. The SMILES string of the molecule is CCOC1(C)CC2C(=O)CC(C)CCCC(C)C(=O)CC(C(C)C)C(=O)CC2(C(=O)OC)C2C=C(C)CCC3OC(CCC3(C)O)C(C)(O)CC=C21. The van der Waals surface area contributed by atoms with Gasteiger partial charge in [-0.2, -0.15) is 0 Å². The molecule has 4 aliphatic rings. The zero-order chi connectivity index (χ0) is 38.8. The van der Waals surface area contributed by atoms with Crippen molar-refractivity contribution in [2.45, 2.75) is 168 Å². The molecule has 0 radical (unpaired) electrons. The van der Waals surface area contributed by atoms with E-state index in [1.807, 2.05) is 60.6 Å². The standard InChI is InChI=1S/C43H68O9/c1-11-51-42(9)24-33-35(45)22-27(4)13-12-14-29(6)34(44)23-30(26(2)3)36(46)25-43(33,39(47)50-10)32-21-28(5)15-16-37-41(8,49)20-18-38(52-37)40(7,48)19-17-31(32)42/h17,21,26-27,29-30,32-33,37-38,48-49H,11-16,18-20,22-25H2,1-10H3. The summed E-state index contributed by atoms with van der Waals surface area (Å²) < 4.78 is 18.7. The van der Waals surface area contributed by atoms with Gasteiger partial charge in [-0.05, 0) is 97.0 Å². The molecule has 4 rings (SSSR count). The molecule has 2 aliphatic carbocycles. The van der Waals surface area contributed by atoms with Crippen molar-refractivity contribution in [3.05, 3.63) is 23.3 Å². The van der Waals surface area contributed by atoms with Crippen molar-refractivity contribution in [2.24, 2.45) is 40.9 Å². The van der Waals surface area contributed by atoms with Gasteiger partial charge < -0.3 is 24.4 Å². The van der Waals surface area contributed by atoms with Crippen molar-refractivity contribution in [2.75, 3.05) is 13.7 Å². The third kappa shape index (κ3) is 8.84. The molecule has 9 heteroatoms. The Labute approximate surface area is 312 Å². The topological polar surface area (TPSA) is 136 Å². The fourth-order valence-corrected chi connectivity index (χ4v) is 9.81. The Bertz CT molecular complexity index is 1390. The monoisotopic (exact) mass is 728 g/mol. The second-order valence-corrected chi connectivity index (χ2v) is 18.0. The molecule has 0 spiro atoms. The first kappa shape index (κ1) is 42.5. The summed E-state index contributed by atoms with van der Waals surface area (Å²) in [5.41, 5.74) is -3.37. The Hall–Kier alpha value is -2.20. The molecule has 0 aromatic carbocycles. The number of allylic oxidation sites excluding steroid dienone is 2. The molecule has 0 amide bonds. The van der Waals surface area contributed by atoms with E-state index in [0.29, 0.717) is 38.7 Å². The summed E-state index contributed by atoms with van der Waals surface area (Å²) in [6.07, 6.45) is 7.55. The van der Waals surface area contributed by atoms with Crippen molar-refractivity contribution in [3.8, 4) is 0 Å². The normalized spacial score (nSPS) is 41.7. The second kappa shape index (κ2) is 16.7. The lowest BCUT2D eigenvalue weighted by Gasteiger charge is -2.54. The predicted molar refractivity (Wildman–Crippen MR) is 200 cm³/mol. The molecule has 2 bridgehead atoms. The molecular formula is C43H68O9. The van der Waals surface area contributed by atoms with Crippen LogP contribution < -0.4 is 0 Å². The van der Waals surface area contributed by atoms with E-state index in [9.17, 15) is 29.4 Å². The van der Waals surface area contributed by atoms with Crippen LogP contribution in [0.25, 0.3) is 0 Å². The fourth-order valence-electron chi connectivity index (χ4n) is 9.81. The lowest BCUT2D eigenvalue weighted by atomic mass is 9.50. The number of ether oxygens (including phenoxy) is 3. The summed E-state index contributed by atoms with van der Waals surface area (Å²) in [6.45, 7) is 17.6. The number of aliphatic hydroxyl groups is 2. The third-order valence-corrected chi connectivity index (χ3v) is 13.3. The van der Waals surface area contributed by atoms with Gasteiger partial charge >= 0.3 is 5.97 Å². The molecule has 3 fully saturated rings. The summed E-state index contributed by atoms with van der Waals surface area (Å²) in [6, 6.07) is 0. The van der Waals surface area contributed by atoms with Gasteiger partial charge in [0.25, 0.3) is 0 Å². The summed E-state index contributed by atoms with van der Waals surface area (Å²) >= 11 is 0. The number of methoxy groups -OCH3 is 1. The van der Waals surface area contributed by atoms with E-state index >= 15 is 0 Å². The van der Waals surface area contributed by atoms with Gasteiger partial charge in [-0.25, -0.2) is 0 Å². The van der Waals surface area contributed by atoms with Crippen molar-refractivity contribution in [1.29, 1.82) is 0 Å². The highest BCUT2D eigenvalue weighted by Gasteiger charge is 2.64. The number of esters is 1. The van der Waals surface area contributed by atoms with Crippen LogP contribution >= 0.6 is 0 Å². The van der Waals surface area contributed by atoms with Crippen LogP contribution in [0, 0.1) is 40.9 Å². The van der Waals surface area contributed by atoms with Gasteiger partial charge in [-0.3, -0.25) is 19.2 Å². The average Bonchev–Trinajstić information content (AvgIpc) is 3.05. The first-order valence-corrected chi connectivity index (χ1v) is 20.0. The lowest BCUT2D eigenvalue weighted by molar-refractivity contribution is -0.214. The van der Waals surface area contributed by atoms with Crippen LogP contribution in [0.4, 0.5) is 0 Å². The maximum atomic E-state index is 14.9. The van der Waals surface area contributed by atoms with Crippen LogP contribution in [0.5, 0.6) is 0 Å². The third-order valence-electron chi connectivity index (χ3n) is 13.3. The quantitative estimate of drug-likeness (QED) is 0.226. The summed E-state index contributed by atoms with van der Waals surface area (Å²) in [5.74, 6) is -3.54. The summed E-state index contributed by atoms with van der Waals surface area (Å²) in [7, 11) is 1.32. The van der Waals surface area contributed by atoms with Gasteiger partial charge in [-0.15, -0.1) is 0 Å². The Morgan fingerprint density at radius 2 is 1.63 bits per heavy atom. The largest absolute Gasteiger partial charge is 0.469 e. The number of carbonyl (C=O) groups is 4. The molecule has 11 atom stereocenters. The van der Waals surface area contributed by atoms with Crippen LogP contribution in [-0.2, 0) is 33.4 Å². The van der Waals surface area contributed by atoms with E-state index in [0.717, 1.165) is 24.0 Å². The molecular weight excluding hydrogens is 660 g/mol. The van der Waals surface area contributed by atoms with Crippen molar-refractivity contribution in [3.63, 3.8) is 0 Å². The molecule has 2 N–H and O–H groups in total. The average molecular weight is 729 g/mol. The van der Waals surface area contributed by atoms with Crippen LogP contribution in [0.1, 0.15) is 139 Å². The number of hydrogen-bond donors (Lipinski definition) is 2. The van der Waals surface area contributed by atoms with E-state index in [4.69, 9.17) is 14.2 Å². The van der Waals surface area contributed by atoms with E-state index in [1.54, 1.807) is 13.8 Å². The number of ketones is 3. The molecule has 11 unspecified atom stereocenters. The highest BCUT2D eigenvalue weighted by Crippen LogP contribution is 2.58. The molecule has 294 valence electrons. The van der Waals surface area contributed by atoms with E-state index in [1.165, 1.54) is 7.11 Å². The Morgan fingerprint density at radius 1 is 0.962 bits per heavy atom.